The molecule has 0 aromatic carbocycles. The number of hydrogen-bond donors (Lipinski definition) is 0. The van der Waals surface area contributed by atoms with Gasteiger partial charge in [-0.3, -0.25) is 9.69 Å². The molecule has 0 bridgehead atoms. The van der Waals surface area contributed by atoms with E-state index in [1.165, 1.54) is 0 Å². The molecule has 9 heavy (non-hydrogen) atoms. The largest absolute Gasteiger partial charge is 0.299 e. The van der Waals surface area contributed by atoms with Gasteiger partial charge in [0.15, 0.2) is 0 Å². The lowest BCUT2D eigenvalue weighted by Crippen LogP contribution is -2.28. The summed E-state index contributed by atoms with van der Waals surface area (Å²) >= 11 is 0. The lowest BCUT2D eigenvalue weighted by Gasteiger charge is -2.15. The van der Waals surface area contributed by atoms with E-state index in [2.05, 4.69) is 6.92 Å². The monoisotopic (exact) mass is 128 g/mol. The van der Waals surface area contributed by atoms with Gasteiger partial charge in [0, 0.05) is 0 Å². The molecule has 1 radical (unpaired) electrons. The molecule has 2 heteroatoms. The smallest absolute Gasteiger partial charge is 0.217 e. The van der Waals surface area contributed by atoms with Crippen LogP contribution in [0.5, 0.6) is 0 Å². The Bertz CT molecular complexity index is 81.0. The van der Waals surface area contributed by atoms with Crippen LogP contribution < -0.4 is 0 Å². The van der Waals surface area contributed by atoms with E-state index in [1.807, 2.05) is 25.3 Å². The van der Waals surface area contributed by atoms with Crippen molar-refractivity contribution in [3.63, 3.8) is 0 Å². The van der Waals surface area contributed by atoms with Crippen molar-refractivity contribution in [2.24, 2.45) is 0 Å². The Morgan fingerprint density at radius 2 is 2.11 bits per heavy atom. The molecule has 0 amide bonds. The number of likely N-dealkylation sites (N-methyl/N-ethyl adjacent to an activating group) is 1. The van der Waals surface area contributed by atoms with E-state index in [1.54, 1.807) is 0 Å². The third kappa shape index (κ3) is 3.25. The summed E-state index contributed by atoms with van der Waals surface area (Å²) in [5, 5.41) is 0. The molecule has 0 aromatic rings. The van der Waals surface area contributed by atoms with Crippen LogP contribution in [0, 0.1) is 0 Å². The van der Waals surface area contributed by atoms with Crippen LogP contribution in [0.4, 0.5) is 0 Å². The Hall–Kier alpha value is -0.370. The van der Waals surface area contributed by atoms with Gasteiger partial charge >= 0.3 is 0 Å². The predicted octanol–water partition coefficient (Wildman–Crippen LogP) is 0.826. The zero-order valence-electron chi connectivity index (χ0n) is 6.35. The summed E-state index contributed by atoms with van der Waals surface area (Å²) in [7, 11) is 3.79. The Kier molecular flexibility index (Phi) is 4.32. The van der Waals surface area contributed by atoms with Crippen molar-refractivity contribution in [3.05, 3.63) is 0 Å². The summed E-state index contributed by atoms with van der Waals surface area (Å²) in [6.45, 7) is 2.06. The molecule has 0 heterocycles. The van der Waals surface area contributed by atoms with Gasteiger partial charge in [-0.25, -0.2) is 0 Å². The molecule has 0 rings (SSSR count). The third-order valence-corrected chi connectivity index (χ3v) is 1.32. The Morgan fingerprint density at radius 3 is 2.22 bits per heavy atom. The molecule has 53 valence electrons. The van der Waals surface area contributed by atoms with Gasteiger partial charge in [-0.05, 0) is 20.5 Å². The van der Waals surface area contributed by atoms with Crippen molar-refractivity contribution in [2.45, 2.75) is 25.8 Å². The second kappa shape index (κ2) is 4.50. The van der Waals surface area contributed by atoms with Crippen molar-refractivity contribution >= 4 is 6.29 Å². The van der Waals surface area contributed by atoms with Crippen LogP contribution in [-0.2, 0) is 4.79 Å². The Morgan fingerprint density at radius 1 is 1.56 bits per heavy atom. The molecular weight excluding hydrogens is 114 g/mol. The fourth-order valence-electron chi connectivity index (χ4n) is 0.696. The van der Waals surface area contributed by atoms with Gasteiger partial charge in [-0.2, -0.15) is 0 Å². The van der Waals surface area contributed by atoms with Crippen LogP contribution in [0.15, 0.2) is 0 Å². The Labute approximate surface area is 56.9 Å². The molecule has 0 aromatic heterocycles. The van der Waals surface area contributed by atoms with Gasteiger partial charge in [0.05, 0.1) is 6.04 Å². The van der Waals surface area contributed by atoms with Gasteiger partial charge in [-0.15, -0.1) is 0 Å². The molecule has 1 atom stereocenters. The molecule has 0 aliphatic rings. The van der Waals surface area contributed by atoms with Crippen molar-refractivity contribution in [1.29, 1.82) is 0 Å². The molecule has 0 spiro atoms. The molecular formula is C7H14NO. The first-order valence-corrected chi connectivity index (χ1v) is 3.26. The summed E-state index contributed by atoms with van der Waals surface area (Å²) in [5.41, 5.74) is 0. The van der Waals surface area contributed by atoms with Crippen molar-refractivity contribution in [2.75, 3.05) is 14.1 Å². The maximum atomic E-state index is 10.2. The van der Waals surface area contributed by atoms with E-state index in [4.69, 9.17) is 0 Å². The molecule has 0 saturated carbocycles. The average Bonchev–Trinajstić information content (AvgIpc) is 1.82. The topological polar surface area (TPSA) is 20.3 Å². The third-order valence-electron chi connectivity index (χ3n) is 1.32. The molecule has 0 N–H and O–H groups in total. The van der Waals surface area contributed by atoms with Crippen LogP contribution in [0.25, 0.3) is 0 Å². The van der Waals surface area contributed by atoms with Crippen LogP contribution in [0.2, 0.25) is 0 Å². The molecule has 2 nitrogen and oxygen atoms in total. The summed E-state index contributed by atoms with van der Waals surface area (Å²) in [6.07, 6.45) is 3.93. The summed E-state index contributed by atoms with van der Waals surface area (Å²) < 4.78 is 0. The van der Waals surface area contributed by atoms with Crippen LogP contribution in [0.3, 0.4) is 0 Å². The molecule has 1 unspecified atom stereocenters. The van der Waals surface area contributed by atoms with E-state index < -0.39 is 0 Å². The first-order chi connectivity index (χ1) is 4.22. The minimum absolute atomic E-state index is 0.00463. The van der Waals surface area contributed by atoms with E-state index >= 15 is 0 Å². The zero-order valence-corrected chi connectivity index (χ0v) is 6.35. The molecule has 0 saturated heterocycles. The van der Waals surface area contributed by atoms with Gasteiger partial charge in [0.2, 0.25) is 6.29 Å². The van der Waals surface area contributed by atoms with Crippen molar-refractivity contribution < 1.29 is 4.79 Å². The zero-order chi connectivity index (χ0) is 7.28. The number of rotatable bonds is 4. The van der Waals surface area contributed by atoms with Gasteiger partial charge in [0.25, 0.3) is 0 Å². The predicted molar refractivity (Wildman–Crippen MR) is 38.1 cm³/mol. The lowest BCUT2D eigenvalue weighted by atomic mass is 10.2. The standard InChI is InChI=1S/C7H14NO/c1-4-5-7(6-9)8(2)3/h7H,4-5H2,1-3H3. The van der Waals surface area contributed by atoms with Crippen LogP contribution in [0.1, 0.15) is 19.8 Å². The summed E-state index contributed by atoms with van der Waals surface area (Å²) in [4.78, 5) is 12.1. The highest BCUT2D eigenvalue weighted by Gasteiger charge is 2.07. The molecule has 0 fully saturated rings. The van der Waals surface area contributed by atoms with E-state index in [0.717, 1.165) is 12.8 Å². The quantitative estimate of drug-likeness (QED) is 0.559. The van der Waals surface area contributed by atoms with Crippen LogP contribution >= 0.6 is 0 Å². The van der Waals surface area contributed by atoms with E-state index in [-0.39, 0.29) is 6.04 Å². The van der Waals surface area contributed by atoms with Gasteiger partial charge in [0.1, 0.15) is 0 Å². The number of hydrogen-bond acceptors (Lipinski definition) is 2. The summed E-state index contributed by atoms with van der Waals surface area (Å²) in [6, 6.07) is -0.00463. The SMILES string of the molecule is CCCC([C]=O)N(C)C. The highest BCUT2D eigenvalue weighted by atomic mass is 16.1. The van der Waals surface area contributed by atoms with E-state index in [9.17, 15) is 4.79 Å². The minimum atomic E-state index is -0.00463. The normalized spacial score (nSPS) is 13.8. The second-order valence-corrected chi connectivity index (χ2v) is 2.39. The molecule has 0 aliphatic heterocycles. The molecule has 0 aliphatic carbocycles. The highest BCUT2D eigenvalue weighted by Crippen LogP contribution is 1.98. The minimum Gasteiger partial charge on any atom is -0.299 e. The number of nitrogens with zero attached hydrogens (tertiary/aromatic N) is 1. The lowest BCUT2D eigenvalue weighted by molar-refractivity contribution is 0.332. The highest BCUT2D eigenvalue weighted by molar-refractivity contribution is 5.58. The Balaban J connectivity index is 3.54. The number of carbonyl (C=O) groups excluding carboxylic acids is 1. The van der Waals surface area contributed by atoms with Gasteiger partial charge in [-0.1, -0.05) is 13.3 Å². The average molecular weight is 128 g/mol. The van der Waals surface area contributed by atoms with Crippen molar-refractivity contribution in [3.8, 4) is 0 Å². The van der Waals surface area contributed by atoms with E-state index in [0.29, 0.717) is 0 Å². The van der Waals surface area contributed by atoms with Crippen LogP contribution in [-0.4, -0.2) is 31.3 Å². The fraction of sp³-hybridized carbons (Fsp3) is 0.857. The van der Waals surface area contributed by atoms with Gasteiger partial charge < -0.3 is 0 Å². The van der Waals surface area contributed by atoms with Crippen molar-refractivity contribution in [1.82, 2.24) is 4.90 Å². The maximum absolute atomic E-state index is 10.2. The second-order valence-electron chi connectivity index (χ2n) is 2.39. The summed E-state index contributed by atoms with van der Waals surface area (Å²) in [5.74, 6) is 0. The first kappa shape index (κ1) is 8.63. The fourth-order valence-corrected chi connectivity index (χ4v) is 0.696. The first-order valence-electron chi connectivity index (χ1n) is 3.26. The maximum Gasteiger partial charge on any atom is 0.217 e.